The highest BCUT2D eigenvalue weighted by Gasteiger charge is 2.06. The van der Waals surface area contributed by atoms with Gasteiger partial charge in [0.2, 0.25) is 0 Å². The quantitative estimate of drug-likeness (QED) is 0.746. The molecule has 21 heavy (non-hydrogen) atoms. The average Bonchev–Trinajstić information content (AvgIpc) is 2.49. The molecular weight excluding hydrogens is 272 g/mol. The molecule has 3 aromatic rings. The molecule has 0 aliphatic rings. The van der Waals surface area contributed by atoms with Gasteiger partial charge in [-0.05, 0) is 30.3 Å². The van der Waals surface area contributed by atoms with Gasteiger partial charge in [-0.3, -0.25) is 0 Å². The maximum atomic E-state index is 13.6. The Morgan fingerprint density at radius 2 is 1.67 bits per heavy atom. The first-order valence-corrected chi connectivity index (χ1v) is 6.53. The zero-order chi connectivity index (χ0) is 14.8. The molecule has 3 rings (SSSR count). The van der Waals surface area contributed by atoms with Crippen LogP contribution in [-0.2, 0) is 6.54 Å². The first-order valence-electron chi connectivity index (χ1n) is 6.53. The van der Waals surface area contributed by atoms with Crippen molar-refractivity contribution >= 4 is 16.5 Å². The summed E-state index contributed by atoms with van der Waals surface area (Å²) in [6.45, 7) is 0.165. The van der Waals surface area contributed by atoms with Crippen molar-refractivity contribution in [2.24, 2.45) is 0 Å². The minimum absolute atomic E-state index is 0.165. The van der Waals surface area contributed by atoms with Crippen LogP contribution in [0, 0.1) is 11.6 Å². The zero-order valence-corrected chi connectivity index (χ0v) is 11.1. The molecular formula is C17H13F2NO. The van der Waals surface area contributed by atoms with Crippen LogP contribution in [0.1, 0.15) is 5.56 Å². The highest BCUT2D eigenvalue weighted by molar-refractivity contribution is 5.97. The van der Waals surface area contributed by atoms with Crippen LogP contribution in [0.2, 0.25) is 0 Å². The lowest BCUT2D eigenvalue weighted by Gasteiger charge is -2.11. The smallest absolute Gasteiger partial charge is 0.128 e. The largest absolute Gasteiger partial charge is 0.507 e. The predicted octanol–water partition coefficient (Wildman–Crippen LogP) is 4.44. The molecule has 0 amide bonds. The Morgan fingerprint density at radius 3 is 2.52 bits per heavy atom. The van der Waals surface area contributed by atoms with Gasteiger partial charge in [0.25, 0.3) is 0 Å². The third-order valence-corrected chi connectivity index (χ3v) is 3.38. The second kappa shape index (κ2) is 5.40. The zero-order valence-electron chi connectivity index (χ0n) is 11.1. The summed E-state index contributed by atoms with van der Waals surface area (Å²) < 4.78 is 26.8. The van der Waals surface area contributed by atoms with Crippen molar-refractivity contribution < 1.29 is 13.9 Å². The van der Waals surface area contributed by atoms with Crippen molar-refractivity contribution in [3.8, 4) is 5.75 Å². The molecule has 0 spiro atoms. The standard InChI is InChI=1S/C17H13F2NO/c18-12-7-8-15(19)11(9-12)10-20-16-5-1-4-14-13(16)3-2-6-17(14)21/h1-9,20-21H,10H2. The Kier molecular flexibility index (Phi) is 3.44. The monoisotopic (exact) mass is 285 g/mol. The molecule has 0 heterocycles. The summed E-state index contributed by atoms with van der Waals surface area (Å²) in [4.78, 5) is 0. The average molecular weight is 285 g/mol. The summed E-state index contributed by atoms with van der Waals surface area (Å²) in [7, 11) is 0. The van der Waals surface area contributed by atoms with Crippen molar-refractivity contribution in [1.29, 1.82) is 0 Å². The van der Waals surface area contributed by atoms with Gasteiger partial charge in [0, 0.05) is 28.6 Å². The van der Waals surface area contributed by atoms with Crippen LogP contribution in [-0.4, -0.2) is 5.11 Å². The van der Waals surface area contributed by atoms with Crippen LogP contribution in [0.3, 0.4) is 0 Å². The first kappa shape index (κ1) is 13.4. The van der Waals surface area contributed by atoms with Crippen molar-refractivity contribution in [2.45, 2.75) is 6.54 Å². The van der Waals surface area contributed by atoms with Crippen LogP contribution >= 0.6 is 0 Å². The molecule has 0 saturated heterocycles. The summed E-state index contributed by atoms with van der Waals surface area (Å²) in [6, 6.07) is 14.0. The maximum absolute atomic E-state index is 13.6. The molecule has 0 aromatic heterocycles. The van der Waals surface area contributed by atoms with E-state index in [-0.39, 0.29) is 17.9 Å². The second-order valence-corrected chi connectivity index (χ2v) is 4.77. The van der Waals surface area contributed by atoms with Gasteiger partial charge in [-0.2, -0.15) is 0 Å². The number of anilines is 1. The molecule has 0 radical (unpaired) electrons. The Hall–Kier alpha value is -2.62. The fourth-order valence-electron chi connectivity index (χ4n) is 2.32. The highest BCUT2D eigenvalue weighted by Crippen LogP contribution is 2.30. The van der Waals surface area contributed by atoms with Crippen LogP contribution in [0.4, 0.5) is 14.5 Å². The highest BCUT2D eigenvalue weighted by atomic mass is 19.1. The van der Waals surface area contributed by atoms with E-state index in [9.17, 15) is 13.9 Å². The van der Waals surface area contributed by atoms with Crippen molar-refractivity contribution in [3.63, 3.8) is 0 Å². The molecule has 0 atom stereocenters. The number of fused-ring (bicyclic) bond motifs is 1. The number of hydrogen-bond donors (Lipinski definition) is 2. The van der Waals surface area contributed by atoms with Crippen LogP contribution in [0.15, 0.2) is 54.6 Å². The molecule has 0 saturated carbocycles. The van der Waals surface area contributed by atoms with Crippen molar-refractivity contribution in [3.05, 3.63) is 71.8 Å². The fraction of sp³-hybridized carbons (Fsp3) is 0.0588. The lowest BCUT2D eigenvalue weighted by Crippen LogP contribution is -2.02. The van der Waals surface area contributed by atoms with Crippen LogP contribution < -0.4 is 5.32 Å². The summed E-state index contributed by atoms with van der Waals surface area (Å²) in [5, 5.41) is 14.4. The molecule has 2 N–H and O–H groups in total. The van der Waals surface area contributed by atoms with Gasteiger partial charge < -0.3 is 10.4 Å². The Bertz CT molecular complexity index is 802. The molecule has 0 aliphatic carbocycles. The van der Waals surface area contributed by atoms with Crippen LogP contribution in [0.25, 0.3) is 10.8 Å². The second-order valence-electron chi connectivity index (χ2n) is 4.77. The van der Waals surface area contributed by atoms with E-state index in [0.29, 0.717) is 5.39 Å². The maximum Gasteiger partial charge on any atom is 0.128 e. The van der Waals surface area contributed by atoms with Gasteiger partial charge in [-0.1, -0.05) is 24.3 Å². The molecule has 3 aromatic carbocycles. The number of phenolic OH excluding ortho intramolecular Hbond substituents is 1. The molecule has 0 unspecified atom stereocenters. The van der Waals surface area contributed by atoms with E-state index >= 15 is 0 Å². The van der Waals surface area contributed by atoms with Gasteiger partial charge in [0.1, 0.15) is 17.4 Å². The minimum Gasteiger partial charge on any atom is -0.507 e. The number of benzene rings is 3. The predicted molar refractivity (Wildman–Crippen MR) is 79.3 cm³/mol. The molecule has 106 valence electrons. The molecule has 0 fully saturated rings. The van der Waals surface area contributed by atoms with E-state index in [1.807, 2.05) is 12.1 Å². The number of halogens is 2. The first-order chi connectivity index (χ1) is 10.1. The van der Waals surface area contributed by atoms with E-state index in [2.05, 4.69) is 5.32 Å². The molecule has 0 aliphatic heterocycles. The Labute approximate surface area is 120 Å². The topological polar surface area (TPSA) is 32.3 Å². The van der Waals surface area contributed by atoms with Gasteiger partial charge in [-0.15, -0.1) is 0 Å². The lowest BCUT2D eigenvalue weighted by atomic mass is 10.1. The SMILES string of the molecule is Oc1cccc2c(NCc3cc(F)ccc3F)cccc12. The number of nitrogens with one attached hydrogen (secondary N) is 1. The van der Waals surface area contributed by atoms with E-state index in [1.54, 1.807) is 24.3 Å². The number of hydrogen-bond acceptors (Lipinski definition) is 2. The number of rotatable bonds is 3. The number of phenols is 1. The van der Waals surface area contributed by atoms with E-state index in [1.165, 1.54) is 6.07 Å². The third kappa shape index (κ3) is 2.65. The number of aromatic hydroxyl groups is 1. The summed E-state index contributed by atoms with van der Waals surface area (Å²) in [5.41, 5.74) is 1.01. The Balaban J connectivity index is 1.92. The summed E-state index contributed by atoms with van der Waals surface area (Å²) in [6.07, 6.45) is 0. The molecule has 0 bridgehead atoms. The fourth-order valence-corrected chi connectivity index (χ4v) is 2.32. The summed E-state index contributed by atoms with van der Waals surface area (Å²) in [5.74, 6) is -0.733. The van der Waals surface area contributed by atoms with E-state index < -0.39 is 11.6 Å². The Morgan fingerprint density at radius 1 is 0.905 bits per heavy atom. The van der Waals surface area contributed by atoms with Gasteiger partial charge >= 0.3 is 0 Å². The van der Waals surface area contributed by atoms with Crippen molar-refractivity contribution in [1.82, 2.24) is 0 Å². The lowest BCUT2D eigenvalue weighted by molar-refractivity contribution is 0.481. The minimum atomic E-state index is -0.469. The van der Waals surface area contributed by atoms with Gasteiger partial charge in [0.15, 0.2) is 0 Å². The van der Waals surface area contributed by atoms with Crippen molar-refractivity contribution in [2.75, 3.05) is 5.32 Å². The third-order valence-electron chi connectivity index (χ3n) is 3.38. The molecule has 2 nitrogen and oxygen atoms in total. The summed E-state index contributed by atoms with van der Waals surface area (Å²) >= 11 is 0. The normalized spacial score (nSPS) is 10.8. The van der Waals surface area contributed by atoms with Gasteiger partial charge in [0.05, 0.1) is 0 Å². The van der Waals surface area contributed by atoms with Gasteiger partial charge in [-0.25, -0.2) is 8.78 Å². The van der Waals surface area contributed by atoms with E-state index in [0.717, 1.165) is 23.2 Å². The van der Waals surface area contributed by atoms with E-state index in [4.69, 9.17) is 0 Å². The molecule has 4 heteroatoms. The van der Waals surface area contributed by atoms with Crippen LogP contribution in [0.5, 0.6) is 5.75 Å².